The largest absolute Gasteiger partial charge is 0.477 e. The summed E-state index contributed by atoms with van der Waals surface area (Å²) in [7, 11) is 1.30. The minimum Gasteiger partial charge on any atom is -0.477 e. The third-order valence-corrected chi connectivity index (χ3v) is 2.92. The van der Waals surface area contributed by atoms with Crippen LogP contribution in [0, 0.1) is 0 Å². The molecule has 0 saturated carbocycles. The van der Waals surface area contributed by atoms with Crippen LogP contribution in [0.25, 0.3) is 0 Å². The predicted octanol–water partition coefficient (Wildman–Crippen LogP) is 0.109. The number of anilines is 1. The molecule has 1 unspecified atom stereocenters. The number of nitrogens with zero attached hydrogens (tertiary/aromatic N) is 3. The molecule has 1 amide bonds. The molecule has 1 aromatic heterocycles. The molecule has 19 heavy (non-hydrogen) atoms. The van der Waals surface area contributed by atoms with E-state index in [1.165, 1.54) is 19.6 Å². The van der Waals surface area contributed by atoms with Crippen molar-refractivity contribution in [1.29, 1.82) is 0 Å². The molecule has 1 fully saturated rings. The number of nitrogens with one attached hydrogen (secondary N) is 1. The molecule has 8 heteroatoms. The summed E-state index contributed by atoms with van der Waals surface area (Å²) in [4.78, 5) is 31.7. The van der Waals surface area contributed by atoms with Crippen LogP contribution in [0.1, 0.15) is 16.8 Å². The van der Waals surface area contributed by atoms with Crippen LogP contribution in [-0.2, 0) is 4.74 Å². The van der Waals surface area contributed by atoms with Gasteiger partial charge in [0.15, 0.2) is 0 Å². The lowest BCUT2D eigenvalue weighted by Gasteiger charge is -2.18. The lowest BCUT2D eigenvalue weighted by atomic mass is 10.3. The number of ether oxygens (including phenoxy) is 1. The van der Waals surface area contributed by atoms with Crippen LogP contribution in [0.3, 0.4) is 0 Å². The van der Waals surface area contributed by atoms with Crippen molar-refractivity contribution in [2.24, 2.45) is 0 Å². The molecule has 2 rings (SSSR count). The minimum atomic E-state index is -1.07. The molecule has 1 aliphatic heterocycles. The van der Waals surface area contributed by atoms with Crippen molar-refractivity contribution in [3.05, 3.63) is 18.1 Å². The van der Waals surface area contributed by atoms with Crippen molar-refractivity contribution < 1.29 is 19.4 Å². The van der Waals surface area contributed by atoms with E-state index in [1.54, 1.807) is 0 Å². The van der Waals surface area contributed by atoms with E-state index in [-0.39, 0.29) is 11.6 Å². The molecule has 0 bridgehead atoms. The van der Waals surface area contributed by atoms with Gasteiger partial charge in [-0.3, -0.25) is 0 Å². The van der Waals surface area contributed by atoms with E-state index in [0.29, 0.717) is 25.3 Å². The Morgan fingerprint density at radius 1 is 1.58 bits per heavy atom. The van der Waals surface area contributed by atoms with E-state index >= 15 is 0 Å². The number of alkyl carbamates (subject to hydrolysis) is 1. The van der Waals surface area contributed by atoms with Gasteiger partial charge >= 0.3 is 12.1 Å². The third kappa shape index (κ3) is 2.90. The highest BCUT2D eigenvalue weighted by Gasteiger charge is 2.27. The zero-order valence-corrected chi connectivity index (χ0v) is 10.4. The lowest BCUT2D eigenvalue weighted by molar-refractivity contribution is 0.0696. The standard InChI is InChI=1S/C11H14N4O4/c1-19-11(18)14-7-2-3-15(5-7)9-8(10(16)17)4-12-6-13-9/h4,6-7H,2-3,5H2,1H3,(H,14,18)(H,16,17). The average molecular weight is 266 g/mol. The highest BCUT2D eigenvalue weighted by atomic mass is 16.5. The number of hydrogen-bond acceptors (Lipinski definition) is 6. The lowest BCUT2D eigenvalue weighted by Crippen LogP contribution is -2.37. The van der Waals surface area contributed by atoms with E-state index in [1.807, 2.05) is 4.90 Å². The summed E-state index contributed by atoms with van der Waals surface area (Å²) >= 11 is 0. The number of rotatable bonds is 3. The average Bonchev–Trinajstić information content (AvgIpc) is 2.86. The van der Waals surface area contributed by atoms with Crippen LogP contribution in [0.15, 0.2) is 12.5 Å². The van der Waals surface area contributed by atoms with Gasteiger partial charge in [0.25, 0.3) is 0 Å². The summed E-state index contributed by atoms with van der Waals surface area (Å²) < 4.78 is 4.53. The van der Waals surface area contributed by atoms with E-state index in [9.17, 15) is 9.59 Å². The van der Waals surface area contributed by atoms with Crippen LogP contribution in [0.2, 0.25) is 0 Å². The van der Waals surface area contributed by atoms with Gasteiger partial charge in [0.2, 0.25) is 0 Å². The number of aromatic nitrogens is 2. The van der Waals surface area contributed by atoms with E-state index < -0.39 is 12.1 Å². The van der Waals surface area contributed by atoms with E-state index in [4.69, 9.17) is 5.11 Å². The van der Waals surface area contributed by atoms with Gasteiger partial charge in [-0.2, -0.15) is 0 Å². The highest BCUT2D eigenvalue weighted by Crippen LogP contribution is 2.21. The third-order valence-electron chi connectivity index (χ3n) is 2.92. The van der Waals surface area contributed by atoms with Crippen molar-refractivity contribution in [3.8, 4) is 0 Å². The van der Waals surface area contributed by atoms with Gasteiger partial charge in [0, 0.05) is 19.3 Å². The Bertz CT molecular complexity index is 493. The van der Waals surface area contributed by atoms with Gasteiger partial charge in [-0.1, -0.05) is 0 Å². The Labute approximate surface area is 109 Å². The monoisotopic (exact) mass is 266 g/mol. The van der Waals surface area contributed by atoms with Crippen molar-refractivity contribution in [1.82, 2.24) is 15.3 Å². The van der Waals surface area contributed by atoms with E-state index in [0.717, 1.165) is 0 Å². The fourth-order valence-corrected chi connectivity index (χ4v) is 2.02. The summed E-state index contributed by atoms with van der Waals surface area (Å²) in [6, 6.07) is -0.0796. The molecule has 0 aromatic carbocycles. The summed E-state index contributed by atoms with van der Waals surface area (Å²) in [6.07, 6.45) is 2.79. The number of carboxylic acid groups (broad SMARTS) is 1. The SMILES string of the molecule is COC(=O)NC1CCN(c2ncncc2C(=O)O)C1. The molecule has 1 aromatic rings. The topological polar surface area (TPSA) is 105 Å². The highest BCUT2D eigenvalue weighted by molar-refractivity contribution is 5.92. The quantitative estimate of drug-likeness (QED) is 0.799. The van der Waals surface area contributed by atoms with Crippen molar-refractivity contribution in [2.75, 3.05) is 25.1 Å². The maximum absolute atomic E-state index is 11.1. The molecule has 2 heterocycles. The Kier molecular flexibility index (Phi) is 3.79. The normalized spacial score (nSPS) is 18.2. The van der Waals surface area contributed by atoms with Gasteiger partial charge < -0.3 is 20.1 Å². The van der Waals surface area contributed by atoms with Gasteiger partial charge in [-0.15, -0.1) is 0 Å². The molecule has 0 aliphatic carbocycles. The maximum Gasteiger partial charge on any atom is 0.407 e. The Hall–Kier alpha value is -2.38. The van der Waals surface area contributed by atoms with Crippen molar-refractivity contribution in [3.63, 3.8) is 0 Å². The molecule has 0 radical (unpaired) electrons. The van der Waals surface area contributed by atoms with Crippen LogP contribution in [0.5, 0.6) is 0 Å². The van der Waals surface area contributed by atoms with Gasteiger partial charge in [-0.25, -0.2) is 19.6 Å². The van der Waals surface area contributed by atoms with Gasteiger partial charge in [-0.05, 0) is 6.42 Å². The second-order valence-corrected chi connectivity index (χ2v) is 4.13. The fourth-order valence-electron chi connectivity index (χ4n) is 2.02. The fraction of sp³-hybridized carbons (Fsp3) is 0.455. The van der Waals surface area contributed by atoms with Gasteiger partial charge in [0.1, 0.15) is 17.7 Å². The molecule has 1 atom stereocenters. The molecule has 2 N–H and O–H groups in total. The zero-order valence-electron chi connectivity index (χ0n) is 10.4. The summed E-state index contributed by atoms with van der Waals surface area (Å²) in [5.41, 5.74) is 0.0567. The maximum atomic E-state index is 11.1. The first-order valence-electron chi connectivity index (χ1n) is 5.74. The number of carboxylic acids is 1. The molecule has 8 nitrogen and oxygen atoms in total. The first kappa shape index (κ1) is 13.1. The number of aromatic carboxylic acids is 1. The first-order valence-corrected chi connectivity index (χ1v) is 5.74. The predicted molar refractivity (Wildman–Crippen MR) is 65.2 cm³/mol. The molecular weight excluding hydrogens is 252 g/mol. The Morgan fingerprint density at radius 3 is 3.05 bits per heavy atom. The van der Waals surface area contributed by atoms with Crippen LogP contribution >= 0.6 is 0 Å². The number of carbonyl (C=O) groups excluding carboxylic acids is 1. The Morgan fingerprint density at radius 2 is 2.37 bits per heavy atom. The zero-order chi connectivity index (χ0) is 13.8. The second-order valence-electron chi connectivity index (χ2n) is 4.13. The number of amides is 1. The van der Waals surface area contributed by atoms with Crippen LogP contribution in [0.4, 0.5) is 10.6 Å². The number of methoxy groups -OCH3 is 1. The number of hydrogen-bond donors (Lipinski definition) is 2. The molecular formula is C11H14N4O4. The molecule has 0 spiro atoms. The molecule has 1 saturated heterocycles. The van der Waals surface area contributed by atoms with Gasteiger partial charge in [0.05, 0.1) is 13.2 Å². The van der Waals surface area contributed by atoms with Crippen LogP contribution < -0.4 is 10.2 Å². The second kappa shape index (κ2) is 5.51. The van der Waals surface area contributed by atoms with Crippen LogP contribution in [-0.4, -0.2) is 53.4 Å². The molecule has 1 aliphatic rings. The summed E-state index contributed by atoms with van der Waals surface area (Å²) in [6.45, 7) is 1.11. The number of carbonyl (C=O) groups is 2. The van der Waals surface area contributed by atoms with Crippen molar-refractivity contribution >= 4 is 17.9 Å². The summed E-state index contributed by atoms with van der Waals surface area (Å²) in [5, 5.41) is 11.8. The van der Waals surface area contributed by atoms with Crippen molar-refractivity contribution in [2.45, 2.75) is 12.5 Å². The summed E-state index contributed by atoms with van der Waals surface area (Å²) in [5.74, 6) is -0.698. The smallest absolute Gasteiger partial charge is 0.407 e. The van der Waals surface area contributed by atoms with E-state index in [2.05, 4.69) is 20.0 Å². The first-order chi connectivity index (χ1) is 9.11. The Balaban J connectivity index is 2.09. The molecule has 102 valence electrons. The minimum absolute atomic E-state index is 0.0567.